The molecule has 0 heterocycles. The summed E-state index contributed by atoms with van der Waals surface area (Å²) in [5, 5.41) is 18.8. The Balaban J connectivity index is 2.56. The topological polar surface area (TPSA) is 40.5 Å². The first kappa shape index (κ1) is 10.1. The SMILES string of the molecule is Oc1cc(-c2ccccc2)cc(Br)c1O. The molecule has 0 radical (unpaired) electrons. The second-order valence-electron chi connectivity index (χ2n) is 3.19. The van der Waals surface area contributed by atoms with Crippen LogP contribution in [-0.2, 0) is 0 Å². The fourth-order valence-electron chi connectivity index (χ4n) is 1.38. The third kappa shape index (κ3) is 1.97. The maximum absolute atomic E-state index is 9.46. The highest BCUT2D eigenvalue weighted by Crippen LogP contribution is 2.37. The van der Waals surface area contributed by atoms with Gasteiger partial charge in [-0.15, -0.1) is 0 Å². The third-order valence-electron chi connectivity index (χ3n) is 2.15. The van der Waals surface area contributed by atoms with Crippen LogP contribution in [0.4, 0.5) is 0 Å². The number of hydrogen-bond acceptors (Lipinski definition) is 2. The number of phenols is 2. The minimum atomic E-state index is -0.130. The Bertz CT molecular complexity index is 457. The Morgan fingerprint density at radius 2 is 1.53 bits per heavy atom. The largest absolute Gasteiger partial charge is 0.504 e. The molecular formula is C12H9BrO2. The standard InChI is InChI=1S/C12H9BrO2/c13-10-6-9(7-11(14)12(10)15)8-4-2-1-3-5-8/h1-7,14-15H. The summed E-state index contributed by atoms with van der Waals surface area (Å²) < 4.78 is 0.487. The molecule has 0 saturated carbocycles. The van der Waals surface area contributed by atoms with Crippen molar-refractivity contribution in [2.24, 2.45) is 0 Å². The molecule has 0 aliphatic carbocycles. The van der Waals surface area contributed by atoms with Crippen LogP contribution < -0.4 is 0 Å². The molecule has 2 rings (SSSR count). The molecule has 3 heteroatoms. The van der Waals surface area contributed by atoms with Crippen LogP contribution in [0.1, 0.15) is 0 Å². The van der Waals surface area contributed by atoms with E-state index in [1.807, 2.05) is 30.3 Å². The molecule has 0 aromatic heterocycles. The first-order valence-electron chi connectivity index (χ1n) is 4.45. The van der Waals surface area contributed by atoms with Crippen molar-refractivity contribution in [1.29, 1.82) is 0 Å². The molecule has 2 nitrogen and oxygen atoms in total. The molecule has 0 saturated heterocycles. The van der Waals surface area contributed by atoms with Gasteiger partial charge in [0.15, 0.2) is 11.5 Å². The lowest BCUT2D eigenvalue weighted by Gasteiger charge is -2.05. The first-order valence-corrected chi connectivity index (χ1v) is 5.24. The van der Waals surface area contributed by atoms with E-state index in [0.29, 0.717) is 4.47 Å². The van der Waals surface area contributed by atoms with E-state index in [1.54, 1.807) is 6.07 Å². The van der Waals surface area contributed by atoms with Crippen LogP contribution in [0.15, 0.2) is 46.9 Å². The molecule has 0 atom stereocenters. The van der Waals surface area contributed by atoms with Gasteiger partial charge in [-0.05, 0) is 39.2 Å². The molecule has 76 valence electrons. The van der Waals surface area contributed by atoms with E-state index >= 15 is 0 Å². The molecule has 0 aliphatic rings. The summed E-state index contributed by atoms with van der Waals surface area (Å²) in [7, 11) is 0. The van der Waals surface area contributed by atoms with E-state index in [0.717, 1.165) is 11.1 Å². The van der Waals surface area contributed by atoms with Gasteiger partial charge in [-0.2, -0.15) is 0 Å². The minimum absolute atomic E-state index is 0.122. The van der Waals surface area contributed by atoms with E-state index in [1.165, 1.54) is 6.07 Å². The van der Waals surface area contributed by atoms with E-state index in [9.17, 15) is 10.2 Å². The zero-order valence-corrected chi connectivity index (χ0v) is 9.40. The highest BCUT2D eigenvalue weighted by molar-refractivity contribution is 9.10. The Hall–Kier alpha value is -1.48. The van der Waals surface area contributed by atoms with Crippen molar-refractivity contribution < 1.29 is 10.2 Å². The average molecular weight is 265 g/mol. The highest BCUT2D eigenvalue weighted by Gasteiger charge is 2.07. The second kappa shape index (κ2) is 3.95. The summed E-state index contributed by atoms with van der Waals surface area (Å²) in [6.07, 6.45) is 0. The van der Waals surface area contributed by atoms with Gasteiger partial charge < -0.3 is 10.2 Å². The van der Waals surface area contributed by atoms with Crippen molar-refractivity contribution in [2.75, 3.05) is 0 Å². The van der Waals surface area contributed by atoms with Crippen molar-refractivity contribution in [1.82, 2.24) is 0 Å². The smallest absolute Gasteiger partial charge is 0.171 e. The fraction of sp³-hybridized carbons (Fsp3) is 0. The molecular weight excluding hydrogens is 256 g/mol. The monoisotopic (exact) mass is 264 g/mol. The van der Waals surface area contributed by atoms with E-state index in [2.05, 4.69) is 15.9 Å². The molecule has 2 aromatic carbocycles. The van der Waals surface area contributed by atoms with Gasteiger partial charge >= 0.3 is 0 Å². The van der Waals surface area contributed by atoms with Gasteiger partial charge in [0.25, 0.3) is 0 Å². The maximum atomic E-state index is 9.46. The number of aromatic hydroxyl groups is 2. The Labute approximate surface area is 95.9 Å². The van der Waals surface area contributed by atoms with Gasteiger partial charge in [-0.25, -0.2) is 0 Å². The predicted molar refractivity (Wildman–Crippen MR) is 62.9 cm³/mol. The Kier molecular flexibility index (Phi) is 2.64. The van der Waals surface area contributed by atoms with E-state index in [4.69, 9.17) is 0 Å². The van der Waals surface area contributed by atoms with Crippen LogP contribution in [0.3, 0.4) is 0 Å². The van der Waals surface area contributed by atoms with Crippen molar-refractivity contribution in [3.05, 3.63) is 46.9 Å². The lowest BCUT2D eigenvalue weighted by molar-refractivity contribution is 0.401. The zero-order valence-electron chi connectivity index (χ0n) is 7.81. The summed E-state index contributed by atoms with van der Waals surface area (Å²) >= 11 is 3.18. The Morgan fingerprint density at radius 1 is 0.867 bits per heavy atom. The summed E-state index contributed by atoms with van der Waals surface area (Å²) in [5.74, 6) is -0.252. The van der Waals surface area contributed by atoms with Gasteiger partial charge in [-0.1, -0.05) is 30.3 Å². The summed E-state index contributed by atoms with van der Waals surface area (Å²) in [6, 6.07) is 13.0. The maximum Gasteiger partial charge on any atom is 0.171 e. The second-order valence-corrected chi connectivity index (χ2v) is 4.05. The van der Waals surface area contributed by atoms with Gasteiger partial charge in [0.1, 0.15) is 0 Å². The van der Waals surface area contributed by atoms with E-state index in [-0.39, 0.29) is 11.5 Å². The zero-order chi connectivity index (χ0) is 10.8. The normalized spacial score (nSPS) is 10.2. The van der Waals surface area contributed by atoms with E-state index < -0.39 is 0 Å². The van der Waals surface area contributed by atoms with Crippen LogP contribution in [0.5, 0.6) is 11.5 Å². The predicted octanol–water partition coefficient (Wildman–Crippen LogP) is 3.53. The lowest BCUT2D eigenvalue weighted by Crippen LogP contribution is -1.79. The molecule has 0 fully saturated rings. The van der Waals surface area contributed by atoms with Crippen molar-refractivity contribution in [3.8, 4) is 22.6 Å². The van der Waals surface area contributed by atoms with Crippen LogP contribution in [0.2, 0.25) is 0 Å². The Morgan fingerprint density at radius 3 is 2.13 bits per heavy atom. The summed E-state index contributed by atoms with van der Waals surface area (Å²) in [4.78, 5) is 0. The molecule has 0 bridgehead atoms. The molecule has 0 spiro atoms. The van der Waals surface area contributed by atoms with Crippen molar-refractivity contribution in [2.45, 2.75) is 0 Å². The quantitative estimate of drug-likeness (QED) is 0.774. The summed E-state index contributed by atoms with van der Waals surface area (Å²) in [6.45, 7) is 0. The average Bonchev–Trinajstić information content (AvgIpc) is 2.26. The van der Waals surface area contributed by atoms with Crippen molar-refractivity contribution >= 4 is 15.9 Å². The number of hydrogen-bond donors (Lipinski definition) is 2. The number of phenolic OH excluding ortho intramolecular Hbond substituents is 2. The number of rotatable bonds is 1. The molecule has 2 N–H and O–H groups in total. The number of benzene rings is 2. The van der Waals surface area contributed by atoms with Gasteiger partial charge in [-0.3, -0.25) is 0 Å². The molecule has 2 aromatic rings. The first-order chi connectivity index (χ1) is 7.18. The molecule has 0 amide bonds. The van der Waals surface area contributed by atoms with Gasteiger partial charge in [0, 0.05) is 0 Å². The van der Waals surface area contributed by atoms with Gasteiger partial charge in [0.05, 0.1) is 4.47 Å². The fourth-order valence-corrected chi connectivity index (χ4v) is 1.83. The minimum Gasteiger partial charge on any atom is -0.504 e. The number of halogens is 1. The van der Waals surface area contributed by atoms with Gasteiger partial charge in [0.2, 0.25) is 0 Å². The molecule has 0 aliphatic heterocycles. The van der Waals surface area contributed by atoms with Crippen LogP contribution in [-0.4, -0.2) is 10.2 Å². The van der Waals surface area contributed by atoms with Crippen LogP contribution in [0, 0.1) is 0 Å². The molecule has 0 unspecified atom stereocenters. The third-order valence-corrected chi connectivity index (χ3v) is 2.75. The van der Waals surface area contributed by atoms with Crippen LogP contribution in [0.25, 0.3) is 11.1 Å². The summed E-state index contributed by atoms with van der Waals surface area (Å²) in [5.41, 5.74) is 1.85. The van der Waals surface area contributed by atoms with Crippen molar-refractivity contribution in [3.63, 3.8) is 0 Å². The highest BCUT2D eigenvalue weighted by atomic mass is 79.9. The van der Waals surface area contributed by atoms with Crippen LogP contribution >= 0.6 is 15.9 Å². The lowest BCUT2D eigenvalue weighted by atomic mass is 10.1. The molecule has 15 heavy (non-hydrogen) atoms.